The molecule has 35 heavy (non-hydrogen) atoms. The summed E-state index contributed by atoms with van der Waals surface area (Å²) in [6.45, 7) is 4.74. The highest BCUT2D eigenvalue weighted by Crippen LogP contribution is 2.40. The van der Waals surface area contributed by atoms with Crippen LogP contribution in [0.4, 0.5) is 5.69 Å². The van der Waals surface area contributed by atoms with Gasteiger partial charge in [0.1, 0.15) is 6.26 Å². The van der Waals surface area contributed by atoms with Crippen molar-refractivity contribution in [1.82, 2.24) is 14.8 Å². The molecule has 1 amide bonds. The number of oxazole rings is 1. The van der Waals surface area contributed by atoms with Gasteiger partial charge in [0.25, 0.3) is 5.91 Å². The van der Waals surface area contributed by atoms with E-state index in [1.807, 2.05) is 12.1 Å². The second kappa shape index (κ2) is 11.4. The minimum Gasteiger partial charge on any atom is -0.493 e. The molecule has 1 aromatic heterocycles. The number of hydrogen-bond donors (Lipinski definition) is 1. The van der Waals surface area contributed by atoms with E-state index in [-0.39, 0.29) is 11.6 Å². The predicted octanol–water partition coefficient (Wildman–Crippen LogP) is 3.92. The molecular formula is C25H29ClN4O5. The van der Waals surface area contributed by atoms with Gasteiger partial charge in [-0.1, -0.05) is 17.7 Å². The number of halogens is 1. The standard InChI is InChI=1S/C25H29ClN4O5/c1-32-21-9-4-17(23(33-2)24(21)34-3)14-29-10-12-30(13-11-29)15-22-28-20(16-35-22)25(31)27-19-7-5-18(26)6-8-19/h4-9,16H,10-15H2,1-3H3,(H,27,31). The first-order valence-corrected chi connectivity index (χ1v) is 11.6. The number of methoxy groups -OCH3 is 3. The zero-order valence-electron chi connectivity index (χ0n) is 20.0. The van der Waals surface area contributed by atoms with Crippen molar-refractivity contribution in [3.63, 3.8) is 0 Å². The van der Waals surface area contributed by atoms with Crippen LogP contribution in [0, 0.1) is 0 Å². The third-order valence-electron chi connectivity index (χ3n) is 5.89. The van der Waals surface area contributed by atoms with Gasteiger partial charge in [0, 0.05) is 49.0 Å². The molecule has 0 atom stereocenters. The molecular weight excluding hydrogens is 472 g/mol. The number of rotatable bonds is 9. The number of carbonyl (C=O) groups excluding carboxylic acids is 1. The summed E-state index contributed by atoms with van der Waals surface area (Å²) in [5, 5.41) is 3.39. The molecule has 0 bridgehead atoms. The van der Waals surface area contributed by atoms with Crippen LogP contribution in [0.2, 0.25) is 5.02 Å². The number of piperazine rings is 1. The summed E-state index contributed by atoms with van der Waals surface area (Å²) < 4.78 is 22.0. The van der Waals surface area contributed by atoms with Gasteiger partial charge in [-0.25, -0.2) is 4.98 Å². The Morgan fingerprint density at radius 3 is 2.23 bits per heavy atom. The average molecular weight is 501 g/mol. The number of nitrogens with one attached hydrogen (secondary N) is 1. The van der Waals surface area contributed by atoms with E-state index < -0.39 is 0 Å². The fraction of sp³-hybridized carbons (Fsp3) is 0.360. The van der Waals surface area contributed by atoms with Crippen LogP contribution in [0.15, 0.2) is 47.1 Å². The number of anilines is 1. The van der Waals surface area contributed by atoms with Crippen molar-refractivity contribution in [2.45, 2.75) is 13.1 Å². The lowest BCUT2D eigenvalue weighted by atomic mass is 10.1. The van der Waals surface area contributed by atoms with Crippen LogP contribution in [0.25, 0.3) is 0 Å². The predicted molar refractivity (Wildman–Crippen MR) is 133 cm³/mol. The van der Waals surface area contributed by atoms with Crippen LogP contribution in [0.3, 0.4) is 0 Å². The van der Waals surface area contributed by atoms with Crippen LogP contribution in [-0.2, 0) is 13.1 Å². The van der Waals surface area contributed by atoms with Crippen LogP contribution < -0.4 is 19.5 Å². The molecule has 186 valence electrons. The number of benzene rings is 2. The van der Waals surface area contributed by atoms with Gasteiger partial charge in [0.2, 0.25) is 11.6 Å². The summed E-state index contributed by atoms with van der Waals surface area (Å²) in [5.74, 6) is 2.13. The van der Waals surface area contributed by atoms with Crippen molar-refractivity contribution < 1.29 is 23.4 Å². The second-order valence-electron chi connectivity index (χ2n) is 8.13. The average Bonchev–Trinajstić information content (AvgIpc) is 3.35. The Kier molecular flexibility index (Phi) is 8.12. The molecule has 0 radical (unpaired) electrons. The molecule has 1 fully saturated rings. The fourth-order valence-corrected chi connectivity index (χ4v) is 4.17. The summed E-state index contributed by atoms with van der Waals surface area (Å²) in [7, 11) is 4.86. The number of nitrogens with zero attached hydrogens (tertiary/aromatic N) is 3. The van der Waals surface area contributed by atoms with Gasteiger partial charge in [0.05, 0.1) is 27.9 Å². The van der Waals surface area contributed by atoms with Crippen molar-refractivity contribution in [2.75, 3.05) is 52.8 Å². The summed E-state index contributed by atoms with van der Waals surface area (Å²) in [6, 6.07) is 10.8. The highest BCUT2D eigenvalue weighted by atomic mass is 35.5. The third kappa shape index (κ3) is 6.05. The molecule has 1 aliphatic heterocycles. The Hall–Kier alpha value is -3.27. The number of hydrogen-bond acceptors (Lipinski definition) is 8. The maximum atomic E-state index is 12.4. The minimum absolute atomic E-state index is 0.245. The summed E-state index contributed by atoms with van der Waals surface area (Å²) in [6.07, 6.45) is 1.39. The van der Waals surface area contributed by atoms with Crippen molar-refractivity contribution >= 4 is 23.2 Å². The van der Waals surface area contributed by atoms with E-state index in [0.29, 0.717) is 40.4 Å². The highest BCUT2D eigenvalue weighted by molar-refractivity contribution is 6.30. The number of ether oxygens (including phenoxy) is 3. The Balaban J connectivity index is 1.30. The van der Waals surface area contributed by atoms with Gasteiger partial charge in [-0.05, 0) is 30.3 Å². The lowest BCUT2D eigenvalue weighted by Gasteiger charge is -2.34. The Labute approximate surface area is 209 Å². The van der Waals surface area contributed by atoms with Crippen molar-refractivity contribution in [3.8, 4) is 17.2 Å². The van der Waals surface area contributed by atoms with E-state index in [9.17, 15) is 4.79 Å². The summed E-state index contributed by atoms with van der Waals surface area (Å²) in [4.78, 5) is 21.4. The summed E-state index contributed by atoms with van der Waals surface area (Å²) >= 11 is 5.88. The maximum absolute atomic E-state index is 12.4. The lowest BCUT2D eigenvalue weighted by molar-refractivity contribution is 0.102. The molecule has 0 spiro atoms. The molecule has 4 rings (SSSR count). The molecule has 0 aliphatic carbocycles. The first-order chi connectivity index (χ1) is 17.0. The quantitative estimate of drug-likeness (QED) is 0.473. The Bertz CT molecular complexity index is 1140. The Morgan fingerprint density at radius 2 is 1.60 bits per heavy atom. The minimum atomic E-state index is -0.323. The molecule has 2 aromatic carbocycles. The second-order valence-corrected chi connectivity index (χ2v) is 8.57. The molecule has 1 N–H and O–H groups in total. The van der Waals surface area contributed by atoms with Crippen molar-refractivity contribution in [1.29, 1.82) is 0 Å². The van der Waals surface area contributed by atoms with E-state index in [1.54, 1.807) is 45.6 Å². The topological polar surface area (TPSA) is 89.3 Å². The first kappa shape index (κ1) is 24.8. The zero-order valence-corrected chi connectivity index (χ0v) is 20.8. The first-order valence-electron chi connectivity index (χ1n) is 11.2. The van der Waals surface area contributed by atoms with Gasteiger partial charge < -0.3 is 23.9 Å². The molecule has 3 aromatic rings. The van der Waals surface area contributed by atoms with E-state index >= 15 is 0 Å². The maximum Gasteiger partial charge on any atom is 0.277 e. The largest absolute Gasteiger partial charge is 0.493 e. The molecule has 0 saturated carbocycles. The molecule has 9 nitrogen and oxygen atoms in total. The van der Waals surface area contributed by atoms with Gasteiger partial charge >= 0.3 is 0 Å². The molecule has 1 saturated heterocycles. The normalized spacial score (nSPS) is 14.5. The molecule has 10 heteroatoms. The SMILES string of the molecule is COc1ccc(CN2CCN(Cc3nc(C(=O)Nc4ccc(Cl)cc4)co3)CC2)c(OC)c1OC. The Morgan fingerprint density at radius 1 is 0.943 bits per heavy atom. The molecule has 1 aliphatic rings. The van der Waals surface area contributed by atoms with Gasteiger partial charge in [0.15, 0.2) is 17.2 Å². The van der Waals surface area contributed by atoms with Crippen LogP contribution in [0.1, 0.15) is 21.9 Å². The van der Waals surface area contributed by atoms with Gasteiger partial charge in [-0.2, -0.15) is 0 Å². The number of aromatic nitrogens is 1. The zero-order chi connectivity index (χ0) is 24.8. The van der Waals surface area contributed by atoms with E-state index in [1.165, 1.54) is 6.26 Å². The van der Waals surface area contributed by atoms with Gasteiger partial charge in [-0.3, -0.25) is 14.6 Å². The van der Waals surface area contributed by atoms with Crippen LogP contribution >= 0.6 is 11.6 Å². The highest BCUT2D eigenvalue weighted by Gasteiger charge is 2.23. The third-order valence-corrected chi connectivity index (χ3v) is 6.14. The van der Waals surface area contributed by atoms with Gasteiger partial charge in [-0.15, -0.1) is 0 Å². The molecule has 0 unspecified atom stereocenters. The van der Waals surface area contributed by atoms with Crippen LogP contribution in [-0.4, -0.2) is 68.2 Å². The molecule has 2 heterocycles. The smallest absolute Gasteiger partial charge is 0.277 e. The van der Waals surface area contributed by atoms with Crippen LogP contribution in [0.5, 0.6) is 17.2 Å². The van der Waals surface area contributed by atoms with Crippen molar-refractivity contribution in [2.24, 2.45) is 0 Å². The number of carbonyl (C=O) groups is 1. The lowest BCUT2D eigenvalue weighted by Crippen LogP contribution is -2.45. The number of amides is 1. The van der Waals surface area contributed by atoms with E-state index in [4.69, 9.17) is 30.2 Å². The van der Waals surface area contributed by atoms with Crippen molar-refractivity contribution in [3.05, 3.63) is 64.8 Å². The van der Waals surface area contributed by atoms with E-state index in [2.05, 4.69) is 20.1 Å². The monoisotopic (exact) mass is 500 g/mol. The summed E-state index contributed by atoms with van der Waals surface area (Å²) in [5.41, 5.74) is 1.93. The fourth-order valence-electron chi connectivity index (χ4n) is 4.04. The van der Waals surface area contributed by atoms with E-state index in [0.717, 1.165) is 38.3 Å².